The first-order valence-electron chi connectivity index (χ1n) is 5.77. The predicted molar refractivity (Wildman–Crippen MR) is 64.7 cm³/mol. The first kappa shape index (κ1) is 11.4. The number of hydrogen-bond acceptors (Lipinski definition) is 3. The third-order valence-electron chi connectivity index (χ3n) is 3.10. The van der Waals surface area contributed by atoms with Crippen LogP contribution in [0.25, 0.3) is 0 Å². The van der Waals surface area contributed by atoms with Crippen LogP contribution in [0.2, 0.25) is 0 Å². The van der Waals surface area contributed by atoms with Crippen molar-refractivity contribution in [1.82, 2.24) is 0 Å². The van der Waals surface area contributed by atoms with E-state index in [1.807, 2.05) is 0 Å². The van der Waals surface area contributed by atoms with Crippen LogP contribution < -0.4 is 5.32 Å². The lowest BCUT2D eigenvalue weighted by atomic mass is 10.1. The van der Waals surface area contributed by atoms with Gasteiger partial charge in [-0.3, -0.25) is 0 Å². The van der Waals surface area contributed by atoms with Crippen LogP contribution in [-0.4, -0.2) is 26.0 Å². The zero-order valence-electron chi connectivity index (χ0n) is 9.95. The molecule has 88 valence electrons. The molecule has 0 aromatic heterocycles. The molecule has 3 heteroatoms. The largest absolute Gasteiger partial charge is 0.382 e. The average Bonchev–Trinajstić information content (AvgIpc) is 2.32. The lowest BCUT2D eigenvalue weighted by Crippen LogP contribution is -2.30. The van der Waals surface area contributed by atoms with E-state index in [2.05, 4.69) is 37.4 Å². The van der Waals surface area contributed by atoms with Gasteiger partial charge in [0, 0.05) is 12.2 Å². The number of benzene rings is 1. The van der Waals surface area contributed by atoms with Crippen molar-refractivity contribution < 1.29 is 9.47 Å². The summed E-state index contributed by atoms with van der Waals surface area (Å²) < 4.78 is 10.6. The van der Waals surface area contributed by atoms with Crippen LogP contribution in [0.3, 0.4) is 0 Å². The molecule has 2 rings (SSSR count). The normalized spacial score (nSPS) is 20.8. The van der Waals surface area contributed by atoms with Gasteiger partial charge in [0.25, 0.3) is 0 Å². The van der Waals surface area contributed by atoms with Gasteiger partial charge in [0.15, 0.2) is 0 Å². The highest BCUT2D eigenvalue weighted by atomic mass is 16.7. The number of anilines is 1. The summed E-state index contributed by atoms with van der Waals surface area (Å²) in [5.41, 5.74) is 3.84. The molecule has 1 unspecified atom stereocenters. The number of aryl methyl sites for hydroxylation is 1. The zero-order valence-corrected chi connectivity index (χ0v) is 9.95. The van der Waals surface area contributed by atoms with Crippen molar-refractivity contribution in [2.75, 3.05) is 25.3 Å². The Morgan fingerprint density at radius 2 is 2.25 bits per heavy atom. The standard InChI is InChI=1S/C13H19NO2/c1-10-4-3-5-13(11(10)2)14-8-12-6-7-15-9-16-12/h3-5,12,14H,6-9H2,1-2H3. The van der Waals surface area contributed by atoms with Gasteiger partial charge in [-0.2, -0.15) is 0 Å². The molecule has 0 amide bonds. The van der Waals surface area contributed by atoms with Crippen molar-refractivity contribution in [3.05, 3.63) is 29.3 Å². The van der Waals surface area contributed by atoms with Crippen molar-refractivity contribution in [2.24, 2.45) is 0 Å². The number of hydrogen-bond donors (Lipinski definition) is 1. The molecule has 1 heterocycles. The Labute approximate surface area is 96.8 Å². The minimum atomic E-state index is 0.272. The topological polar surface area (TPSA) is 30.5 Å². The second kappa shape index (κ2) is 5.32. The second-order valence-corrected chi connectivity index (χ2v) is 4.23. The summed E-state index contributed by atoms with van der Waals surface area (Å²) in [6, 6.07) is 6.32. The molecule has 3 nitrogen and oxygen atoms in total. The summed E-state index contributed by atoms with van der Waals surface area (Å²) in [5.74, 6) is 0. The van der Waals surface area contributed by atoms with E-state index in [4.69, 9.17) is 9.47 Å². The third-order valence-corrected chi connectivity index (χ3v) is 3.10. The molecule has 0 aliphatic carbocycles. The van der Waals surface area contributed by atoms with Gasteiger partial charge in [-0.15, -0.1) is 0 Å². The zero-order chi connectivity index (χ0) is 11.4. The van der Waals surface area contributed by atoms with Crippen LogP contribution in [0.5, 0.6) is 0 Å². The number of ether oxygens (including phenoxy) is 2. The Morgan fingerprint density at radius 1 is 1.38 bits per heavy atom. The summed E-state index contributed by atoms with van der Waals surface area (Å²) in [6.45, 7) is 6.36. The van der Waals surface area contributed by atoms with Crippen molar-refractivity contribution in [3.63, 3.8) is 0 Å². The highest BCUT2D eigenvalue weighted by Gasteiger charge is 2.13. The van der Waals surface area contributed by atoms with Gasteiger partial charge < -0.3 is 14.8 Å². The van der Waals surface area contributed by atoms with E-state index in [0.717, 1.165) is 19.6 Å². The van der Waals surface area contributed by atoms with Crippen molar-refractivity contribution >= 4 is 5.69 Å². The van der Waals surface area contributed by atoms with E-state index in [1.54, 1.807) is 0 Å². The molecule has 1 N–H and O–H groups in total. The monoisotopic (exact) mass is 221 g/mol. The molecule has 16 heavy (non-hydrogen) atoms. The highest BCUT2D eigenvalue weighted by molar-refractivity contribution is 5.53. The molecule has 1 aromatic carbocycles. The molecule has 1 atom stereocenters. The maximum absolute atomic E-state index is 5.49. The molecule has 1 fully saturated rings. The van der Waals surface area contributed by atoms with Crippen molar-refractivity contribution in [2.45, 2.75) is 26.4 Å². The van der Waals surface area contributed by atoms with Crippen LogP contribution in [0.15, 0.2) is 18.2 Å². The van der Waals surface area contributed by atoms with Gasteiger partial charge in [0.05, 0.1) is 12.7 Å². The Bertz CT molecular complexity index is 346. The van der Waals surface area contributed by atoms with Crippen LogP contribution in [0.1, 0.15) is 17.5 Å². The fourth-order valence-electron chi connectivity index (χ4n) is 1.83. The maximum atomic E-state index is 5.49. The van der Waals surface area contributed by atoms with Crippen molar-refractivity contribution in [1.29, 1.82) is 0 Å². The number of nitrogens with one attached hydrogen (secondary N) is 1. The van der Waals surface area contributed by atoms with E-state index < -0.39 is 0 Å². The predicted octanol–water partition coefficient (Wildman–Crippen LogP) is 2.48. The Balaban J connectivity index is 1.91. The summed E-state index contributed by atoms with van der Waals surface area (Å²) in [7, 11) is 0. The van der Waals surface area contributed by atoms with Gasteiger partial charge in [-0.25, -0.2) is 0 Å². The Hall–Kier alpha value is -1.06. The van der Waals surface area contributed by atoms with Crippen molar-refractivity contribution in [3.8, 4) is 0 Å². The van der Waals surface area contributed by atoms with E-state index in [1.165, 1.54) is 16.8 Å². The summed E-state index contributed by atoms with van der Waals surface area (Å²) in [6.07, 6.45) is 1.24. The summed E-state index contributed by atoms with van der Waals surface area (Å²) in [4.78, 5) is 0. The first-order chi connectivity index (χ1) is 7.77. The lowest BCUT2D eigenvalue weighted by molar-refractivity contribution is -0.133. The summed E-state index contributed by atoms with van der Waals surface area (Å²) in [5, 5.41) is 3.44. The van der Waals surface area contributed by atoms with Gasteiger partial charge in [-0.1, -0.05) is 12.1 Å². The van der Waals surface area contributed by atoms with Gasteiger partial charge >= 0.3 is 0 Å². The minimum absolute atomic E-state index is 0.272. The minimum Gasteiger partial charge on any atom is -0.382 e. The van der Waals surface area contributed by atoms with E-state index in [-0.39, 0.29) is 6.10 Å². The van der Waals surface area contributed by atoms with Gasteiger partial charge in [0.2, 0.25) is 0 Å². The van der Waals surface area contributed by atoms with Gasteiger partial charge in [0.1, 0.15) is 6.79 Å². The quantitative estimate of drug-likeness (QED) is 0.850. The highest BCUT2D eigenvalue weighted by Crippen LogP contribution is 2.18. The molecule has 0 saturated carbocycles. The SMILES string of the molecule is Cc1cccc(NCC2CCOCO2)c1C. The van der Waals surface area contributed by atoms with Crippen LogP contribution in [0.4, 0.5) is 5.69 Å². The van der Waals surface area contributed by atoms with Crippen LogP contribution in [0, 0.1) is 13.8 Å². The molecule has 0 spiro atoms. The smallest absolute Gasteiger partial charge is 0.147 e. The van der Waals surface area contributed by atoms with E-state index in [0.29, 0.717) is 6.79 Å². The lowest BCUT2D eigenvalue weighted by Gasteiger charge is -2.24. The second-order valence-electron chi connectivity index (χ2n) is 4.23. The van der Waals surface area contributed by atoms with E-state index in [9.17, 15) is 0 Å². The molecule has 1 aliphatic heterocycles. The molecular weight excluding hydrogens is 202 g/mol. The van der Waals surface area contributed by atoms with Gasteiger partial charge in [-0.05, 0) is 37.5 Å². The van der Waals surface area contributed by atoms with Crippen LogP contribution >= 0.6 is 0 Å². The van der Waals surface area contributed by atoms with E-state index >= 15 is 0 Å². The molecular formula is C13H19NO2. The third kappa shape index (κ3) is 2.74. The Kier molecular flexibility index (Phi) is 3.80. The molecule has 1 aromatic rings. The molecule has 0 bridgehead atoms. The van der Waals surface area contributed by atoms with Crippen LogP contribution in [-0.2, 0) is 9.47 Å². The molecule has 0 radical (unpaired) electrons. The fourth-order valence-corrected chi connectivity index (χ4v) is 1.83. The first-order valence-corrected chi connectivity index (χ1v) is 5.77. The Morgan fingerprint density at radius 3 is 3.00 bits per heavy atom. The molecule has 1 aliphatic rings. The fraction of sp³-hybridized carbons (Fsp3) is 0.538. The molecule has 1 saturated heterocycles. The average molecular weight is 221 g/mol. The summed E-state index contributed by atoms with van der Waals surface area (Å²) >= 11 is 0. The maximum Gasteiger partial charge on any atom is 0.147 e. The number of rotatable bonds is 3.